The molecule has 1 fully saturated rings. The highest BCUT2D eigenvalue weighted by atomic mass is 32.1. The minimum atomic E-state index is -1.80. The second-order valence-corrected chi connectivity index (χ2v) is 11.0. The fourth-order valence-corrected chi connectivity index (χ4v) is 5.88. The van der Waals surface area contributed by atoms with Crippen molar-refractivity contribution in [1.82, 2.24) is 19.7 Å². The van der Waals surface area contributed by atoms with Gasteiger partial charge in [-0.15, -0.1) is 11.3 Å². The van der Waals surface area contributed by atoms with Gasteiger partial charge < -0.3 is 15.1 Å². The second kappa shape index (κ2) is 9.59. The van der Waals surface area contributed by atoms with Gasteiger partial charge in [0.25, 0.3) is 5.91 Å². The summed E-state index contributed by atoms with van der Waals surface area (Å²) < 4.78 is 17.0. The number of rotatable bonds is 7. The number of halogens is 1. The first kappa shape index (κ1) is 25.7. The van der Waals surface area contributed by atoms with Gasteiger partial charge in [-0.1, -0.05) is 33.4 Å². The van der Waals surface area contributed by atoms with Crippen LogP contribution < -0.4 is 0 Å². The Balaban J connectivity index is 1.93. The van der Waals surface area contributed by atoms with Gasteiger partial charge in [-0.2, -0.15) is 5.10 Å². The molecule has 3 heterocycles. The monoisotopic (exact) mass is 512 g/mol. The first-order chi connectivity index (χ1) is 17.0. The van der Waals surface area contributed by atoms with Crippen LogP contribution in [-0.4, -0.2) is 53.9 Å². The standard InChI is InChI=1S/C26H29FN4O4S/c1-5-16-11-18(20(27)12-19(16)25(2,3)4)23(33)31-21(22-28-8-10-36-22)17(14-32)13-26(31,24(34)35)15-30-9-6-7-29-30/h5-12,17,21,32H,1,13-15H2,2-4H3,(H,34,35)/t17-,21-,26-/m1/s1. The molecule has 4 rings (SSSR count). The first-order valence-electron chi connectivity index (χ1n) is 11.5. The number of aliphatic hydroxyl groups is 1. The molecule has 190 valence electrons. The van der Waals surface area contributed by atoms with Crippen molar-refractivity contribution in [2.75, 3.05) is 6.61 Å². The Morgan fingerprint density at radius 2 is 2.08 bits per heavy atom. The van der Waals surface area contributed by atoms with Crippen molar-refractivity contribution in [3.8, 4) is 0 Å². The zero-order valence-electron chi connectivity index (χ0n) is 20.4. The van der Waals surface area contributed by atoms with Gasteiger partial charge in [0, 0.05) is 36.5 Å². The Labute approximate surface area is 212 Å². The number of carbonyl (C=O) groups excluding carboxylic acids is 1. The van der Waals surface area contributed by atoms with E-state index in [1.807, 2.05) is 20.8 Å². The highest BCUT2D eigenvalue weighted by Crippen LogP contribution is 2.49. The second-order valence-electron chi connectivity index (χ2n) is 10.1. The van der Waals surface area contributed by atoms with Crippen LogP contribution in [0.1, 0.15) is 59.7 Å². The van der Waals surface area contributed by atoms with Crippen LogP contribution in [0.4, 0.5) is 4.39 Å². The average Bonchev–Trinajstić information content (AvgIpc) is 3.58. The highest BCUT2D eigenvalue weighted by Gasteiger charge is 2.60. The average molecular weight is 513 g/mol. The molecule has 10 heteroatoms. The summed E-state index contributed by atoms with van der Waals surface area (Å²) in [4.78, 5) is 32.6. The quantitative estimate of drug-likeness (QED) is 0.493. The zero-order chi connectivity index (χ0) is 26.3. The molecule has 0 bridgehead atoms. The third-order valence-electron chi connectivity index (χ3n) is 6.72. The van der Waals surface area contributed by atoms with Crippen LogP contribution in [-0.2, 0) is 16.8 Å². The lowest BCUT2D eigenvalue weighted by atomic mass is 9.82. The fourth-order valence-electron chi connectivity index (χ4n) is 5.06. The summed E-state index contributed by atoms with van der Waals surface area (Å²) in [7, 11) is 0. The molecule has 3 aromatic rings. The maximum absolute atomic E-state index is 15.6. The molecule has 0 radical (unpaired) electrons. The van der Waals surface area contributed by atoms with Gasteiger partial charge in [-0.3, -0.25) is 9.48 Å². The number of aliphatic carboxylic acids is 1. The molecule has 1 saturated heterocycles. The normalized spacial score (nSPS) is 22.1. The number of hydrogen-bond acceptors (Lipinski definition) is 6. The summed E-state index contributed by atoms with van der Waals surface area (Å²) in [6.07, 6.45) is 6.18. The van der Waals surface area contributed by atoms with Gasteiger partial charge in [-0.25, -0.2) is 14.2 Å². The molecule has 0 aliphatic carbocycles. The summed E-state index contributed by atoms with van der Waals surface area (Å²) in [6, 6.07) is 3.54. The molecule has 1 aromatic carbocycles. The SMILES string of the molecule is C=Cc1cc(C(=O)N2[C@@H](c3nccs3)[C@@H](CO)C[C@@]2(Cn2cccn2)C(=O)O)c(F)cc1C(C)(C)C. The summed E-state index contributed by atoms with van der Waals surface area (Å²) in [6.45, 7) is 9.08. The highest BCUT2D eigenvalue weighted by molar-refractivity contribution is 7.09. The number of hydrogen-bond donors (Lipinski definition) is 2. The summed E-state index contributed by atoms with van der Waals surface area (Å²) in [5.74, 6) is -3.43. The third kappa shape index (κ3) is 4.35. The molecule has 1 aliphatic heterocycles. The molecule has 2 N–H and O–H groups in total. The van der Waals surface area contributed by atoms with Crippen molar-refractivity contribution in [3.05, 3.63) is 76.3 Å². The Morgan fingerprint density at radius 3 is 2.61 bits per heavy atom. The van der Waals surface area contributed by atoms with Crippen molar-refractivity contribution in [3.63, 3.8) is 0 Å². The molecule has 8 nitrogen and oxygen atoms in total. The minimum Gasteiger partial charge on any atom is -0.479 e. The van der Waals surface area contributed by atoms with Crippen molar-refractivity contribution >= 4 is 29.3 Å². The van der Waals surface area contributed by atoms with Crippen molar-refractivity contribution in [2.24, 2.45) is 5.92 Å². The van der Waals surface area contributed by atoms with Crippen molar-refractivity contribution in [1.29, 1.82) is 0 Å². The van der Waals surface area contributed by atoms with Crippen LogP contribution in [0.2, 0.25) is 0 Å². The molecule has 3 atom stereocenters. The van der Waals surface area contributed by atoms with E-state index in [0.717, 1.165) is 0 Å². The molecule has 1 aliphatic rings. The lowest BCUT2D eigenvalue weighted by Gasteiger charge is -2.37. The largest absolute Gasteiger partial charge is 0.479 e. The summed E-state index contributed by atoms with van der Waals surface area (Å²) >= 11 is 1.25. The van der Waals surface area contributed by atoms with Crippen LogP contribution in [0.3, 0.4) is 0 Å². The van der Waals surface area contributed by atoms with Crippen LogP contribution in [0.15, 0.2) is 48.7 Å². The third-order valence-corrected chi connectivity index (χ3v) is 7.57. The first-order valence-corrected chi connectivity index (χ1v) is 12.4. The number of benzene rings is 1. The van der Waals surface area contributed by atoms with E-state index in [1.165, 1.54) is 39.2 Å². The van der Waals surface area contributed by atoms with Crippen LogP contribution in [0.5, 0.6) is 0 Å². The minimum absolute atomic E-state index is 0.0509. The smallest absolute Gasteiger partial charge is 0.331 e. The Bertz CT molecular complexity index is 1270. The number of aliphatic hydroxyl groups excluding tert-OH is 1. The molecular weight excluding hydrogens is 483 g/mol. The van der Waals surface area contributed by atoms with Crippen LogP contribution in [0, 0.1) is 11.7 Å². The maximum Gasteiger partial charge on any atom is 0.331 e. The molecule has 1 amide bonds. The van der Waals surface area contributed by atoms with E-state index < -0.39 is 40.6 Å². The van der Waals surface area contributed by atoms with E-state index in [1.54, 1.807) is 29.9 Å². The molecular formula is C26H29FN4O4S. The predicted molar refractivity (Wildman–Crippen MR) is 134 cm³/mol. The van der Waals surface area contributed by atoms with Gasteiger partial charge in [0.05, 0.1) is 18.2 Å². The van der Waals surface area contributed by atoms with E-state index in [2.05, 4.69) is 16.7 Å². The molecule has 0 saturated carbocycles. The number of amides is 1. The van der Waals surface area contributed by atoms with Gasteiger partial charge in [0.15, 0.2) is 5.54 Å². The number of carboxylic acids is 1. The van der Waals surface area contributed by atoms with Gasteiger partial charge in [0.2, 0.25) is 0 Å². The van der Waals surface area contributed by atoms with Gasteiger partial charge in [0.1, 0.15) is 10.8 Å². The zero-order valence-corrected chi connectivity index (χ0v) is 21.2. The molecule has 0 spiro atoms. The topological polar surface area (TPSA) is 109 Å². The van der Waals surface area contributed by atoms with E-state index >= 15 is 4.39 Å². The Hall–Kier alpha value is -3.37. The van der Waals surface area contributed by atoms with Crippen molar-refractivity contribution in [2.45, 2.75) is 50.7 Å². The number of nitrogens with zero attached hydrogens (tertiary/aromatic N) is 4. The van der Waals surface area contributed by atoms with Crippen LogP contribution in [0.25, 0.3) is 6.08 Å². The lowest BCUT2D eigenvalue weighted by molar-refractivity contribution is -0.150. The molecule has 0 unspecified atom stereocenters. The lowest BCUT2D eigenvalue weighted by Crippen LogP contribution is -2.56. The van der Waals surface area contributed by atoms with Gasteiger partial charge in [-0.05, 0) is 41.2 Å². The maximum atomic E-state index is 15.6. The Morgan fingerprint density at radius 1 is 1.33 bits per heavy atom. The summed E-state index contributed by atoms with van der Waals surface area (Å²) in [5, 5.41) is 27.1. The number of likely N-dealkylation sites (tertiary alicyclic amines) is 1. The van der Waals surface area contributed by atoms with Gasteiger partial charge >= 0.3 is 5.97 Å². The number of carboxylic acid groups (broad SMARTS) is 1. The van der Waals surface area contributed by atoms with E-state index in [0.29, 0.717) is 16.1 Å². The summed E-state index contributed by atoms with van der Waals surface area (Å²) in [5.41, 5.74) is -1.20. The number of aromatic nitrogens is 3. The van der Waals surface area contributed by atoms with Crippen LogP contribution >= 0.6 is 11.3 Å². The fraction of sp³-hybridized carbons (Fsp3) is 0.385. The van der Waals surface area contributed by atoms with Crippen molar-refractivity contribution < 1.29 is 24.2 Å². The van der Waals surface area contributed by atoms with E-state index in [9.17, 15) is 19.8 Å². The number of carbonyl (C=O) groups is 2. The van der Waals surface area contributed by atoms with E-state index in [-0.39, 0.29) is 25.1 Å². The van der Waals surface area contributed by atoms with E-state index in [4.69, 9.17) is 0 Å². The molecule has 36 heavy (non-hydrogen) atoms. The Kier molecular flexibility index (Phi) is 6.85. The predicted octanol–water partition coefficient (Wildman–Crippen LogP) is 4.14. The molecule has 2 aromatic heterocycles. The number of thiazole rings is 1.